The molecule has 0 amide bonds. The SMILES string of the molecule is CC(C)(C)N=NCCCCCl. The smallest absolute Gasteiger partial charge is 0.0732 e. The van der Waals surface area contributed by atoms with Crippen LogP contribution in [0.15, 0.2) is 10.2 Å². The molecule has 0 aromatic heterocycles. The fourth-order valence-corrected chi connectivity index (χ4v) is 0.728. The Kier molecular flexibility index (Phi) is 5.47. The monoisotopic (exact) mass is 176 g/mol. The molecule has 3 heteroatoms. The van der Waals surface area contributed by atoms with Gasteiger partial charge in [0.25, 0.3) is 0 Å². The molecule has 0 bridgehead atoms. The molecule has 0 rings (SSSR count). The van der Waals surface area contributed by atoms with E-state index in [-0.39, 0.29) is 5.54 Å². The normalized spacial score (nSPS) is 12.7. The van der Waals surface area contributed by atoms with Crippen molar-refractivity contribution in [3.63, 3.8) is 0 Å². The molecule has 0 aliphatic carbocycles. The van der Waals surface area contributed by atoms with Crippen molar-refractivity contribution in [1.29, 1.82) is 0 Å². The van der Waals surface area contributed by atoms with Gasteiger partial charge < -0.3 is 0 Å². The Labute approximate surface area is 74.0 Å². The lowest BCUT2D eigenvalue weighted by atomic mass is 10.1. The van der Waals surface area contributed by atoms with Gasteiger partial charge in [-0.1, -0.05) is 0 Å². The Morgan fingerprint density at radius 1 is 1.18 bits per heavy atom. The highest BCUT2D eigenvalue weighted by Gasteiger charge is 2.05. The van der Waals surface area contributed by atoms with Crippen LogP contribution in [0.5, 0.6) is 0 Å². The van der Waals surface area contributed by atoms with E-state index in [1.165, 1.54) is 0 Å². The second kappa shape index (κ2) is 5.53. The fourth-order valence-electron chi connectivity index (χ4n) is 0.539. The van der Waals surface area contributed by atoms with Gasteiger partial charge in [-0.15, -0.1) is 11.6 Å². The molecule has 0 atom stereocenters. The van der Waals surface area contributed by atoms with Crippen molar-refractivity contribution < 1.29 is 0 Å². The van der Waals surface area contributed by atoms with E-state index in [4.69, 9.17) is 11.6 Å². The van der Waals surface area contributed by atoms with Gasteiger partial charge >= 0.3 is 0 Å². The van der Waals surface area contributed by atoms with Crippen LogP contribution in [0.25, 0.3) is 0 Å². The molecule has 0 saturated carbocycles. The molecular formula is C8H17ClN2. The van der Waals surface area contributed by atoms with Gasteiger partial charge in [0.2, 0.25) is 0 Å². The molecule has 0 heterocycles. The third-order valence-corrected chi connectivity index (χ3v) is 1.28. The second-order valence-corrected chi connectivity index (χ2v) is 3.91. The quantitative estimate of drug-likeness (QED) is 0.357. The summed E-state index contributed by atoms with van der Waals surface area (Å²) in [4.78, 5) is 0. The van der Waals surface area contributed by atoms with Gasteiger partial charge in [0.15, 0.2) is 0 Å². The summed E-state index contributed by atoms with van der Waals surface area (Å²) in [7, 11) is 0. The van der Waals surface area contributed by atoms with Gasteiger partial charge in [-0.2, -0.15) is 10.2 Å². The largest absolute Gasteiger partial charge is 0.194 e. The second-order valence-electron chi connectivity index (χ2n) is 3.53. The Morgan fingerprint density at radius 2 is 1.82 bits per heavy atom. The van der Waals surface area contributed by atoms with Crippen molar-refractivity contribution in [1.82, 2.24) is 0 Å². The molecule has 0 aromatic carbocycles. The molecule has 0 fully saturated rings. The predicted octanol–water partition coefficient (Wildman–Crippen LogP) is 3.26. The van der Waals surface area contributed by atoms with Gasteiger partial charge in [0.1, 0.15) is 0 Å². The summed E-state index contributed by atoms with van der Waals surface area (Å²) in [5, 5.41) is 8.16. The summed E-state index contributed by atoms with van der Waals surface area (Å²) in [6, 6.07) is 0. The van der Waals surface area contributed by atoms with E-state index in [1.807, 2.05) is 20.8 Å². The van der Waals surface area contributed by atoms with Crippen LogP contribution < -0.4 is 0 Å². The van der Waals surface area contributed by atoms with Crippen molar-refractivity contribution in [3.8, 4) is 0 Å². The van der Waals surface area contributed by atoms with Crippen molar-refractivity contribution >= 4 is 11.6 Å². The van der Waals surface area contributed by atoms with E-state index >= 15 is 0 Å². The molecule has 0 radical (unpaired) electrons. The maximum Gasteiger partial charge on any atom is 0.0732 e. The summed E-state index contributed by atoms with van der Waals surface area (Å²) in [6.45, 7) is 6.93. The van der Waals surface area contributed by atoms with E-state index in [2.05, 4.69) is 10.2 Å². The number of unbranched alkanes of at least 4 members (excludes halogenated alkanes) is 1. The summed E-state index contributed by atoms with van der Waals surface area (Å²) < 4.78 is 0. The number of halogens is 1. The average Bonchev–Trinajstić information content (AvgIpc) is 1.85. The number of hydrogen-bond acceptors (Lipinski definition) is 2. The highest BCUT2D eigenvalue weighted by molar-refractivity contribution is 6.17. The number of alkyl halides is 1. The number of rotatable bonds is 4. The van der Waals surface area contributed by atoms with E-state index in [1.54, 1.807) is 0 Å². The number of hydrogen-bond donors (Lipinski definition) is 0. The zero-order chi connectivity index (χ0) is 8.74. The van der Waals surface area contributed by atoms with E-state index < -0.39 is 0 Å². The Balaban J connectivity index is 3.30. The summed E-state index contributed by atoms with van der Waals surface area (Å²) in [6.07, 6.45) is 2.08. The maximum absolute atomic E-state index is 5.50. The van der Waals surface area contributed by atoms with Gasteiger partial charge in [0.05, 0.1) is 12.1 Å². The Hall–Kier alpha value is -0.110. The zero-order valence-electron chi connectivity index (χ0n) is 7.60. The minimum atomic E-state index is -0.0268. The van der Waals surface area contributed by atoms with Crippen LogP contribution in [0.4, 0.5) is 0 Å². The molecule has 2 nitrogen and oxygen atoms in total. The Bertz CT molecular complexity index is 116. The van der Waals surface area contributed by atoms with Gasteiger partial charge in [-0.05, 0) is 33.6 Å². The van der Waals surface area contributed by atoms with Crippen molar-refractivity contribution in [3.05, 3.63) is 0 Å². The first-order chi connectivity index (χ1) is 5.06. The lowest BCUT2D eigenvalue weighted by molar-refractivity contribution is 0.534. The lowest BCUT2D eigenvalue weighted by Gasteiger charge is -2.08. The van der Waals surface area contributed by atoms with Crippen LogP contribution in [-0.4, -0.2) is 18.0 Å². The first-order valence-corrected chi connectivity index (χ1v) is 4.54. The average molecular weight is 177 g/mol. The van der Waals surface area contributed by atoms with Crippen molar-refractivity contribution in [2.45, 2.75) is 39.2 Å². The van der Waals surface area contributed by atoms with Crippen LogP contribution in [0, 0.1) is 0 Å². The van der Waals surface area contributed by atoms with Crippen LogP contribution in [-0.2, 0) is 0 Å². The molecule has 0 saturated heterocycles. The molecule has 0 unspecified atom stereocenters. The minimum Gasteiger partial charge on any atom is -0.194 e. The summed E-state index contributed by atoms with van der Waals surface area (Å²) in [5.41, 5.74) is -0.0268. The van der Waals surface area contributed by atoms with E-state index in [0.29, 0.717) is 0 Å². The molecule has 11 heavy (non-hydrogen) atoms. The topological polar surface area (TPSA) is 24.7 Å². The molecule has 0 N–H and O–H groups in total. The van der Waals surface area contributed by atoms with Crippen LogP contribution >= 0.6 is 11.6 Å². The highest BCUT2D eigenvalue weighted by atomic mass is 35.5. The van der Waals surface area contributed by atoms with Gasteiger partial charge in [0, 0.05) is 5.88 Å². The number of nitrogens with zero attached hydrogens (tertiary/aromatic N) is 2. The fraction of sp³-hybridized carbons (Fsp3) is 1.00. The summed E-state index contributed by atoms with van der Waals surface area (Å²) in [5.74, 6) is 0.727. The third kappa shape index (κ3) is 9.89. The van der Waals surface area contributed by atoms with Crippen LogP contribution in [0.2, 0.25) is 0 Å². The van der Waals surface area contributed by atoms with E-state index in [9.17, 15) is 0 Å². The third-order valence-electron chi connectivity index (χ3n) is 1.01. The minimum absolute atomic E-state index is 0.0268. The molecule has 0 aromatic rings. The van der Waals surface area contributed by atoms with Crippen LogP contribution in [0.1, 0.15) is 33.6 Å². The molecular weight excluding hydrogens is 160 g/mol. The molecule has 0 aliphatic heterocycles. The van der Waals surface area contributed by atoms with E-state index in [0.717, 1.165) is 25.3 Å². The molecule has 0 aliphatic rings. The highest BCUT2D eigenvalue weighted by Crippen LogP contribution is 2.06. The molecule has 0 spiro atoms. The standard InChI is InChI=1S/C8H17ClN2/c1-8(2,3)11-10-7-5-4-6-9/h4-7H2,1-3H3. The maximum atomic E-state index is 5.50. The molecule has 66 valence electrons. The number of azo groups is 1. The van der Waals surface area contributed by atoms with Crippen molar-refractivity contribution in [2.24, 2.45) is 10.2 Å². The first-order valence-electron chi connectivity index (χ1n) is 4.01. The Morgan fingerprint density at radius 3 is 2.27 bits per heavy atom. The van der Waals surface area contributed by atoms with Gasteiger partial charge in [-0.3, -0.25) is 0 Å². The summed E-state index contributed by atoms with van der Waals surface area (Å²) >= 11 is 5.50. The predicted molar refractivity (Wildman–Crippen MR) is 49.4 cm³/mol. The zero-order valence-corrected chi connectivity index (χ0v) is 8.36. The van der Waals surface area contributed by atoms with Gasteiger partial charge in [-0.25, -0.2) is 0 Å². The van der Waals surface area contributed by atoms with Crippen LogP contribution in [0.3, 0.4) is 0 Å². The first kappa shape index (κ1) is 10.9. The lowest BCUT2D eigenvalue weighted by Crippen LogP contribution is -2.08. The van der Waals surface area contributed by atoms with Crippen molar-refractivity contribution in [2.75, 3.05) is 12.4 Å².